The lowest BCUT2D eigenvalue weighted by molar-refractivity contribution is 0.00516. The predicted molar refractivity (Wildman–Crippen MR) is 109 cm³/mol. The number of nitrogens with zero attached hydrogens (tertiary/aromatic N) is 1. The lowest BCUT2D eigenvalue weighted by Crippen LogP contribution is -2.45. The van der Waals surface area contributed by atoms with Crippen molar-refractivity contribution in [2.45, 2.75) is 33.2 Å². The molecule has 0 amide bonds. The zero-order valence-electron chi connectivity index (χ0n) is 16.2. The molecular formula is C22H35NO2. The van der Waals surface area contributed by atoms with E-state index in [0.29, 0.717) is 6.04 Å². The van der Waals surface area contributed by atoms with Crippen LogP contribution in [0.15, 0.2) is 67.8 Å². The van der Waals surface area contributed by atoms with E-state index in [2.05, 4.69) is 25.0 Å². The minimum atomic E-state index is 0.499. The minimum Gasteiger partial charge on any atom is -0.492 e. The first-order valence-corrected chi connectivity index (χ1v) is 9.03. The Balaban J connectivity index is 0.000000610. The summed E-state index contributed by atoms with van der Waals surface area (Å²) in [6.07, 6.45) is 8.44. The van der Waals surface area contributed by atoms with Gasteiger partial charge in [-0.25, -0.2) is 0 Å². The Labute approximate surface area is 154 Å². The van der Waals surface area contributed by atoms with Crippen LogP contribution in [0.1, 0.15) is 27.2 Å². The molecule has 0 spiro atoms. The van der Waals surface area contributed by atoms with E-state index in [1.54, 1.807) is 12.2 Å². The maximum absolute atomic E-state index is 5.83. The van der Waals surface area contributed by atoms with Crippen molar-refractivity contribution in [2.75, 3.05) is 32.9 Å². The molecule has 0 aliphatic carbocycles. The second kappa shape index (κ2) is 17.0. The molecular weight excluding hydrogens is 310 g/mol. The largest absolute Gasteiger partial charge is 0.492 e. The van der Waals surface area contributed by atoms with Crippen molar-refractivity contribution in [1.29, 1.82) is 0 Å². The van der Waals surface area contributed by atoms with Crippen LogP contribution in [0.5, 0.6) is 5.75 Å². The lowest BCUT2D eigenvalue weighted by Gasteiger charge is -2.33. The monoisotopic (exact) mass is 345 g/mol. The van der Waals surface area contributed by atoms with E-state index < -0.39 is 0 Å². The van der Waals surface area contributed by atoms with Crippen LogP contribution in [0.4, 0.5) is 0 Å². The van der Waals surface area contributed by atoms with Crippen LogP contribution in [-0.4, -0.2) is 43.9 Å². The SMILES string of the molecule is C=C/C=C\C.C=CC.CCC(COc1ccccc1)N1CCOCC1. The minimum absolute atomic E-state index is 0.499. The van der Waals surface area contributed by atoms with Gasteiger partial charge in [-0.05, 0) is 32.4 Å². The summed E-state index contributed by atoms with van der Waals surface area (Å²) in [7, 11) is 0. The quantitative estimate of drug-likeness (QED) is 0.528. The average molecular weight is 346 g/mol. The number of ether oxygens (including phenoxy) is 2. The number of hydrogen-bond acceptors (Lipinski definition) is 3. The standard InChI is InChI=1S/C14H21NO2.C5H8.C3H6/c1-2-13(15-8-10-16-11-9-15)12-17-14-6-4-3-5-7-14;1-3-5-4-2;1-3-2/h3-7,13H,2,8-12H2,1H3;3-5H,1H2,2H3;3H,1H2,2H3/b;5-4-;. The molecule has 3 heteroatoms. The zero-order valence-corrected chi connectivity index (χ0v) is 16.2. The van der Waals surface area contributed by atoms with Crippen molar-refractivity contribution in [3.05, 3.63) is 67.8 Å². The van der Waals surface area contributed by atoms with Crippen LogP contribution < -0.4 is 4.74 Å². The van der Waals surface area contributed by atoms with Crippen LogP contribution >= 0.6 is 0 Å². The van der Waals surface area contributed by atoms with Gasteiger partial charge in [0, 0.05) is 19.1 Å². The Bertz CT molecular complexity index is 450. The molecule has 1 heterocycles. The number of para-hydroxylation sites is 1. The highest BCUT2D eigenvalue weighted by molar-refractivity contribution is 5.20. The van der Waals surface area contributed by atoms with E-state index in [1.807, 2.05) is 56.3 Å². The van der Waals surface area contributed by atoms with E-state index in [1.165, 1.54) is 0 Å². The Hall–Kier alpha value is -1.84. The summed E-state index contributed by atoms with van der Waals surface area (Å²) in [5, 5.41) is 0. The summed E-state index contributed by atoms with van der Waals surface area (Å²) in [5.41, 5.74) is 0. The molecule has 1 fully saturated rings. The number of allylic oxidation sites excluding steroid dienone is 4. The third-order valence-electron chi connectivity index (χ3n) is 3.55. The Kier molecular flexibility index (Phi) is 15.7. The van der Waals surface area contributed by atoms with Gasteiger partial charge in [0.1, 0.15) is 12.4 Å². The molecule has 1 aliphatic rings. The molecule has 3 nitrogen and oxygen atoms in total. The van der Waals surface area contributed by atoms with Gasteiger partial charge in [0.05, 0.1) is 13.2 Å². The third-order valence-corrected chi connectivity index (χ3v) is 3.55. The van der Waals surface area contributed by atoms with Gasteiger partial charge in [0.15, 0.2) is 0 Å². The van der Waals surface area contributed by atoms with Crippen molar-refractivity contribution in [1.82, 2.24) is 4.90 Å². The summed E-state index contributed by atoms with van der Waals surface area (Å²) < 4.78 is 11.2. The van der Waals surface area contributed by atoms with E-state index in [0.717, 1.165) is 45.1 Å². The second-order valence-electron chi connectivity index (χ2n) is 5.50. The van der Waals surface area contributed by atoms with Gasteiger partial charge in [-0.3, -0.25) is 4.90 Å². The Morgan fingerprint density at radius 1 is 1.16 bits per heavy atom. The third kappa shape index (κ3) is 12.2. The molecule has 1 aliphatic heterocycles. The summed E-state index contributed by atoms with van der Waals surface area (Å²) in [6, 6.07) is 10.5. The molecule has 0 aromatic heterocycles. The summed E-state index contributed by atoms with van der Waals surface area (Å²) in [5.74, 6) is 0.958. The van der Waals surface area contributed by atoms with E-state index in [9.17, 15) is 0 Å². The maximum atomic E-state index is 5.83. The Morgan fingerprint density at radius 3 is 2.20 bits per heavy atom. The zero-order chi connectivity index (χ0) is 18.8. The van der Waals surface area contributed by atoms with Crippen molar-refractivity contribution in [2.24, 2.45) is 0 Å². The number of benzene rings is 1. The summed E-state index contributed by atoms with van der Waals surface area (Å²) >= 11 is 0. The fraction of sp³-hybridized carbons (Fsp3) is 0.455. The molecule has 1 saturated heterocycles. The highest BCUT2D eigenvalue weighted by Crippen LogP contribution is 2.12. The van der Waals surface area contributed by atoms with Crippen LogP contribution in [0, 0.1) is 0 Å². The molecule has 0 radical (unpaired) electrons. The molecule has 0 saturated carbocycles. The summed E-state index contributed by atoms with van der Waals surface area (Å²) in [4.78, 5) is 2.46. The maximum Gasteiger partial charge on any atom is 0.119 e. The molecule has 0 bridgehead atoms. The normalized spacial score (nSPS) is 15.2. The van der Waals surface area contributed by atoms with Crippen LogP contribution in [-0.2, 0) is 4.74 Å². The molecule has 1 aromatic rings. The fourth-order valence-corrected chi connectivity index (χ4v) is 2.27. The topological polar surface area (TPSA) is 21.7 Å². The van der Waals surface area contributed by atoms with Crippen molar-refractivity contribution in [3.8, 4) is 5.75 Å². The van der Waals surface area contributed by atoms with E-state index in [4.69, 9.17) is 9.47 Å². The first-order valence-electron chi connectivity index (χ1n) is 9.03. The second-order valence-corrected chi connectivity index (χ2v) is 5.50. The van der Waals surface area contributed by atoms with Crippen molar-refractivity contribution >= 4 is 0 Å². The van der Waals surface area contributed by atoms with E-state index >= 15 is 0 Å². The Morgan fingerprint density at radius 2 is 1.76 bits per heavy atom. The lowest BCUT2D eigenvalue weighted by atomic mass is 10.2. The average Bonchev–Trinajstić information content (AvgIpc) is 2.66. The molecule has 140 valence electrons. The highest BCUT2D eigenvalue weighted by Gasteiger charge is 2.19. The molecule has 1 atom stereocenters. The van der Waals surface area contributed by atoms with Crippen LogP contribution in [0.3, 0.4) is 0 Å². The van der Waals surface area contributed by atoms with Gasteiger partial charge in [-0.2, -0.15) is 0 Å². The number of hydrogen-bond donors (Lipinski definition) is 0. The molecule has 1 aromatic carbocycles. The molecule has 2 rings (SSSR count). The van der Waals surface area contributed by atoms with E-state index in [-0.39, 0.29) is 0 Å². The predicted octanol–water partition coefficient (Wildman–Crippen LogP) is 5.12. The molecule has 1 unspecified atom stereocenters. The van der Waals surface area contributed by atoms with Gasteiger partial charge < -0.3 is 9.47 Å². The number of rotatable bonds is 6. The van der Waals surface area contributed by atoms with Crippen molar-refractivity contribution < 1.29 is 9.47 Å². The summed E-state index contributed by atoms with van der Waals surface area (Å²) in [6.45, 7) is 17.4. The first-order chi connectivity index (χ1) is 12.2. The number of morpholine rings is 1. The van der Waals surface area contributed by atoms with Gasteiger partial charge in [0.2, 0.25) is 0 Å². The van der Waals surface area contributed by atoms with Gasteiger partial charge in [0.25, 0.3) is 0 Å². The van der Waals surface area contributed by atoms with Crippen molar-refractivity contribution in [3.63, 3.8) is 0 Å². The first kappa shape index (κ1) is 23.2. The fourth-order valence-electron chi connectivity index (χ4n) is 2.27. The van der Waals surface area contributed by atoms with Gasteiger partial charge in [-0.1, -0.05) is 56.0 Å². The van der Waals surface area contributed by atoms with Crippen LogP contribution in [0.25, 0.3) is 0 Å². The molecule has 25 heavy (non-hydrogen) atoms. The smallest absolute Gasteiger partial charge is 0.119 e. The highest BCUT2D eigenvalue weighted by atomic mass is 16.5. The van der Waals surface area contributed by atoms with Gasteiger partial charge >= 0.3 is 0 Å². The van der Waals surface area contributed by atoms with Crippen LogP contribution in [0.2, 0.25) is 0 Å². The molecule has 0 N–H and O–H groups in total. The van der Waals surface area contributed by atoms with Gasteiger partial charge in [-0.15, -0.1) is 6.58 Å².